The first-order chi connectivity index (χ1) is 12.4. The van der Waals surface area contributed by atoms with Crippen molar-refractivity contribution < 1.29 is 27.5 Å². The quantitative estimate of drug-likeness (QED) is 0.739. The average molecular weight is 364 g/mol. The minimum absolute atomic E-state index is 0.0686. The topological polar surface area (TPSA) is 67.4 Å². The molecule has 0 aliphatic heterocycles. The van der Waals surface area contributed by atoms with Crippen LogP contribution in [0.15, 0.2) is 55.1 Å². The van der Waals surface area contributed by atoms with Gasteiger partial charge in [0.2, 0.25) is 5.91 Å². The molecule has 136 valence electrons. The second-order valence-electron chi connectivity index (χ2n) is 5.06. The second-order valence-corrected chi connectivity index (χ2v) is 5.06. The second kappa shape index (κ2) is 8.70. The molecule has 0 atom stereocenters. The van der Waals surface area contributed by atoms with Crippen molar-refractivity contribution in [2.24, 2.45) is 0 Å². The molecule has 0 spiro atoms. The van der Waals surface area contributed by atoms with Gasteiger partial charge in [-0.2, -0.15) is 8.78 Å². The van der Waals surface area contributed by atoms with E-state index in [1.54, 1.807) is 18.2 Å². The fraction of sp³-hybridized carbons (Fsp3) is 0.111. The number of alkyl halides is 2. The fourth-order valence-electron chi connectivity index (χ4n) is 2.12. The number of rotatable bonds is 7. The van der Waals surface area contributed by atoms with E-state index in [2.05, 4.69) is 21.9 Å². The van der Waals surface area contributed by atoms with Gasteiger partial charge in [0.25, 0.3) is 5.91 Å². The van der Waals surface area contributed by atoms with Gasteiger partial charge in [-0.25, -0.2) is 4.39 Å². The van der Waals surface area contributed by atoms with Crippen LogP contribution in [0.4, 0.5) is 18.9 Å². The third kappa shape index (κ3) is 5.10. The average Bonchev–Trinajstić information content (AvgIpc) is 2.61. The molecule has 0 aromatic heterocycles. The van der Waals surface area contributed by atoms with Crippen LogP contribution in [-0.2, 0) is 11.3 Å². The van der Waals surface area contributed by atoms with Crippen LogP contribution < -0.4 is 15.4 Å². The summed E-state index contributed by atoms with van der Waals surface area (Å²) in [6.07, 6.45) is 1.11. The first-order valence-corrected chi connectivity index (χ1v) is 7.44. The Hall–Kier alpha value is -3.29. The first kappa shape index (κ1) is 19.0. The summed E-state index contributed by atoms with van der Waals surface area (Å²) in [6, 6.07) is 9.62. The van der Waals surface area contributed by atoms with Gasteiger partial charge in [0, 0.05) is 23.9 Å². The molecule has 2 aromatic carbocycles. The number of amides is 2. The van der Waals surface area contributed by atoms with E-state index in [-0.39, 0.29) is 17.8 Å². The summed E-state index contributed by atoms with van der Waals surface area (Å²) in [7, 11) is 0. The van der Waals surface area contributed by atoms with E-state index >= 15 is 0 Å². The summed E-state index contributed by atoms with van der Waals surface area (Å²) in [4.78, 5) is 23.7. The van der Waals surface area contributed by atoms with Gasteiger partial charge in [-0.1, -0.05) is 24.8 Å². The predicted molar refractivity (Wildman–Crippen MR) is 89.5 cm³/mol. The van der Waals surface area contributed by atoms with Gasteiger partial charge in [0.15, 0.2) is 11.6 Å². The zero-order valence-electron chi connectivity index (χ0n) is 13.5. The number of halogens is 3. The van der Waals surface area contributed by atoms with Gasteiger partial charge in [-0.15, -0.1) is 0 Å². The zero-order valence-corrected chi connectivity index (χ0v) is 13.5. The van der Waals surface area contributed by atoms with Crippen LogP contribution in [0.5, 0.6) is 5.75 Å². The fourth-order valence-corrected chi connectivity index (χ4v) is 2.12. The monoisotopic (exact) mass is 364 g/mol. The predicted octanol–water partition coefficient (Wildman–Crippen LogP) is 3.48. The van der Waals surface area contributed by atoms with Crippen molar-refractivity contribution in [2.75, 3.05) is 5.32 Å². The third-order valence-electron chi connectivity index (χ3n) is 3.31. The van der Waals surface area contributed by atoms with Crippen molar-refractivity contribution in [2.45, 2.75) is 13.2 Å². The molecule has 0 fully saturated rings. The highest BCUT2D eigenvalue weighted by Crippen LogP contribution is 2.23. The number of carbonyl (C=O) groups excluding carboxylic acids is 2. The SMILES string of the molecule is C=CC(=O)NCc1ccccc1C(=O)Nc1ccc(OC(F)F)c(F)c1. The number of carbonyl (C=O) groups is 2. The molecule has 0 heterocycles. The van der Waals surface area contributed by atoms with Crippen LogP contribution in [0.25, 0.3) is 0 Å². The van der Waals surface area contributed by atoms with Crippen molar-refractivity contribution in [3.8, 4) is 5.75 Å². The normalized spacial score (nSPS) is 10.3. The third-order valence-corrected chi connectivity index (χ3v) is 3.31. The minimum Gasteiger partial charge on any atom is -0.432 e. The number of benzene rings is 2. The molecular formula is C18H15F3N2O3. The molecule has 0 saturated carbocycles. The molecule has 0 aliphatic carbocycles. The molecule has 2 rings (SSSR count). The van der Waals surface area contributed by atoms with Crippen molar-refractivity contribution in [3.05, 3.63) is 72.1 Å². The maximum atomic E-state index is 13.7. The molecule has 2 aromatic rings. The molecule has 0 bridgehead atoms. The molecule has 0 aliphatic rings. The molecule has 8 heteroatoms. The van der Waals surface area contributed by atoms with Crippen molar-refractivity contribution in [1.29, 1.82) is 0 Å². The molecule has 26 heavy (non-hydrogen) atoms. The lowest BCUT2D eigenvalue weighted by Gasteiger charge is -2.12. The largest absolute Gasteiger partial charge is 0.432 e. The number of hydrogen-bond donors (Lipinski definition) is 2. The summed E-state index contributed by atoms with van der Waals surface area (Å²) in [6.45, 7) is 0.286. The van der Waals surface area contributed by atoms with Crippen LogP contribution >= 0.6 is 0 Å². The van der Waals surface area contributed by atoms with Crippen LogP contribution in [-0.4, -0.2) is 18.4 Å². The van der Waals surface area contributed by atoms with Crippen molar-refractivity contribution >= 4 is 17.5 Å². The molecule has 0 radical (unpaired) electrons. The lowest BCUT2D eigenvalue weighted by atomic mass is 10.1. The number of ether oxygens (including phenoxy) is 1. The Kier molecular flexibility index (Phi) is 6.37. The summed E-state index contributed by atoms with van der Waals surface area (Å²) in [5.41, 5.74) is 0.877. The van der Waals surface area contributed by atoms with E-state index in [1.807, 2.05) is 0 Å². The Labute approximate surface area is 147 Å². The van der Waals surface area contributed by atoms with E-state index in [4.69, 9.17) is 0 Å². The number of hydrogen-bond acceptors (Lipinski definition) is 3. The molecule has 0 saturated heterocycles. The van der Waals surface area contributed by atoms with Crippen LogP contribution in [0, 0.1) is 5.82 Å². The van der Waals surface area contributed by atoms with Gasteiger partial charge in [0.1, 0.15) is 0 Å². The summed E-state index contributed by atoms with van der Waals surface area (Å²) < 4.78 is 42.0. The van der Waals surface area contributed by atoms with E-state index in [0.717, 1.165) is 18.2 Å². The van der Waals surface area contributed by atoms with Gasteiger partial charge in [0.05, 0.1) is 0 Å². The molecule has 5 nitrogen and oxygen atoms in total. The van der Waals surface area contributed by atoms with Crippen LogP contribution in [0.1, 0.15) is 15.9 Å². The molecular weight excluding hydrogens is 349 g/mol. The minimum atomic E-state index is -3.15. The zero-order chi connectivity index (χ0) is 19.1. The summed E-state index contributed by atoms with van der Waals surface area (Å²) in [5, 5.41) is 5.02. The van der Waals surface area contributed by atoms with Crippen molar-refractivity contribution in [3.63, 3.8) is 0 Å². The summed E-state index contributed by atoms with van der Waals surface area (Å²) in [5.74, 6) is -2.59. The van der Waals surface area contributed by atoms with E-state index in [9.17, 15) is 22.8 Å². The highest BCUT2D eigenvalue weighted by molar-refractivity contribution is 6.05. The van der Waals surface area contributed by atoms with Gasteiger partial charge < -0.3 is 15.4 Å². The lowest BCUT2D eigenvalue weighted by molar-refractivity contribution is -0.116. The maximum Gasteiger partial charge on any atom is 0.387 e. The highest BCUT2D eigenvalue weighted by atomic mass is 19.3. The maximum absolute atomic E-state index is 13.7. The van der Waals surface area contributed by atoms with Gasteiger partial charge >= 0.3 is 6.61 Å². The first-order valence-electron chi connectivity index (χ1n) is 7.44. The molecule has 0 unspecified atom stereocenters. The number of anilines is 1. The van der Waals surface area contributed by atoms with E-state index in [1.165, 1.54) is 12.1 Å². The van der Waals surface area contributed by atoms with Gasteiger partial charge in [-0.3, -0.25) is 9.59 Å². The number of nitrogens with one attached hydrogen (secondary N) is 2. The highest BCUT2D eigenvalue weighted by Gasteiger charge is 2.14. The Morgan fingerprint density at radius 3 is 2.58 bits per heavy atom. The molecule has 2 amide bonds. The Balaban J connectivity index is 2.14. The van der Waals surface area contributed by atoms with E-state index in [0.29, 0.717) is 5.56 Å². The summed E-state index contributed by atoms with van der Waals surface area (Å²) >= 11 is 0. The van der Waals surface area contributed by atoms with Crippen LogP contribution in [0.3, 0.4) is 0 Å². The van der Waals surface area contributed by atoms with Crippen molar-refractivity contribution in [1.82, 2.24) is 5.32 Å². The van der Waals surface area contributed by atoms with E-state index < -0.39 is 30.0 Å². The van der Waals surface area contributed by atoms with Gasteiger partial charge in [-0.05, 0) is 29.8 Å². The standard InChI is InChI=1S/C18H15F3N2O3/c1-2-16(24)22-10-11-5-3-4-6-13(11)17(25)23-12-7-8-15(14(19)9-12)26-18(20)21/h2-9,18H,1,10H2,(H,22,24)(H,23,25). The Bertz CT molecular complexity index is 825. The molecule has 2 N–H and O–H groups in total. The Morgan fingerprint density at radius 1 is 1.19 bits per heavy atom. The lowest BCUT2D eigenvalue weighted by Crippen LogP contribution is -2.23. The smallest absolute Gasteiger partial charge is 0.387 e. The van der Waals surface area contributed by atoms with Crippen LogP contribution in [0.2, 0.25) is 0 Å². The Morgan fingerprint density at radius 2 is 1.92 bits per heavy atom.